The highest BCUT2D eigenvalue weighted by atomic mass is 79.9. The molecule has 2 heterocycles. The zero-order valence-electron chi connectivity index (χ0n) is 14.2. The number of carbonyl (C=O) groups excluding carboxylic acids is 1. The molecule has 0 aliphatic carbocycles. The highest BCUT2D eigenvalue weighted by Crippen LogP contribution is 2.38. The molecule has 4 rings (SSSR count). The standard InChI is InChI=1S/C20H14BBrN2O2/c1-9-7-11(3-5-13(9)21)17-15-16(20(26)23-17)18(24-19(15)25)12-4-6-14(22)10(2)8-12/h3-8,24-25H,1-2H3. The lowest BCUT2D eigenvalue weighted by Crippen LogP contribution is -2.09. The number of aromatic hydroxyl groups is 1. The number of carbonyl (C=O) groups is 1. The van der Waals surface area contributed by atoms with Gasteiger partial charge in [-0.2, -0.15) is 0 Å². The van der Waals surface area contributed by atoms with Crippen LogP contribution in [0.2, 0.25) is 0 Å². The van der Waals surface area contributed by atoms with E-state index in [4.69, 9.17) is 7.85 Å². The van der Waals surface area contributed by atoms with E-state index in [1.54, 1.807) is 12.1 Å². The minimum Gasteiger partial charge on any atom is -0.494 e. The SMILES string of the molecule is [B]c1ccc(C2=NC(=O)c3c(-c4ccc(Br)c(C)c4)[nH]c(O)c32)cc1C. The molecule has 0 unspecified atom stereocenters. The number of halogens is 1. The average molecular weight is 405 g/mol. The second-order valence-corrected chi connectivity index (χ2v) is 7.25. The fraction of sp³-hybridized carbons (Fsp3) is 0.100. The molecule has 4 nitrogen and oxygen atoms in total. The number of rotatable bonds is 2. The van der Waals surface area contributed by atoms with Crippen molar-refractivity contribution in [3.05, 3.63) is 68.7 Å². The molecular formula is C20H14BBrN2O2. The number of benzene rings is 2. The van der Waals surface area contributed by atoms with Gasteiger partial charge in [-0.05, 0) is 37.1 Å². The van der Waals surface area contributed by atoms with Crippen molar-refractivity contribution in [3.63, 3.8) is 0 Å². The van der Waals surface area contributed by atoms with E-state index < -0.39 is 0 Å². The molecule has 1 amide bonds. The first-order valence-electron chi connectivity index (χ1n) is 8.08. The van der Waals surface area contributed by atoms with E-state index in [0.717, 1.165) is 26.7 Å². The van der Waals surface area contributed by atoms with Crippen molar-refractivity contribution in [2.75, 3.05) is 0 Å². The van der Waals surface area contributed by atoms with Gasteiger partial charge in [0.1, 0.15) is 7.85 Å². The molecular weight excluding hydrogens is 391 g/mol. The van der Waals surface area contributed by atoms with Crippen LogP contribution in [-0.4, -0.2) is 29.6 Å². The van der Waals surface area contributed by atoms with E-state index >= 15 is 0 Å². The van der Waals surface area contributed by atoms with Crippen molar-refractivity contribution in [1.82, 2.24) is 4.98 Å². The van der Waals surface area contributed by atoms with Gasteiger partial charge in [-0.15, -0.1) is 0 Å². The van der Waals surface area contributed by atoms with Gasteiger partial charge in [0.15, 0.2) is 5.88 Å². The molecule has 1 aliphatic rings. The summed E-state index contributed by atoms with van der Waals surface area (Å²) in [6.07, 6.45) is 0. The molecule has 0 spiro atoms. The van der Waals surface area contributed by atoms with Crippen molar-refractivity contribution >= 4 is 40.9 Å². The van der Waals surface area contributed by atoms with E-state index in [0.29, 0.717) is 28.0 Å². The third kappa shape index (κ3) is 2.53. The number of amides is 1. The maximum atomic E-state index is 12.6. The number of aliphatic imine (C=N–C) groups is 1. The topological polar surface area (TPSA) is 65.5 Å². The van der Waals surface area contributed by atoms with Crippen LogP contribution in [-0.2, 0) is 0 Å². The smallest absolute Gasteiger partial charge is 0.280 e. The highest BCUT2D eigenvalue weighted by Gasteiger charge is 2.33. The van der Waals surface area contributed by atoms with Crippen molar-refractivity contribution in [1.29, 1.82) is 0 Å². The molecule has 0 bridgehead atoms. The highest BCUT2D eigenvalue weighted by molar-refractivity contribution is 9.10. The summed E-state index contributed by atoms with van der Waals surface area (Å²) in [5.74, 6) is -0.425. The molecule has 126 valence electrons. The van der Waals surface area contributed by atoms with Crippen molar-refractivity contribution in [3.8, 4) is 17.1 Å². The summed E-state index contributed by atoms with van der Waals surface area (Å²) in [5, 5.41) is 10.5. The summed E-state index contributed by atoms with van der Waals surface area (Å²) in [4.78, 5) is 19.7. The molecule has 0 saturated heterocycles. The molecule has 1 aliphatic heterocycles. The van der Waals surface area contributed by atoms with Crippen LogP contribution in [0.15, 0.2) is 45.9 Å². The predicted octanol–water partition coefficient (Wildman–Crippen LogP) is 3.55. The number of aromatic nitrogens is 1. The Hall–Kier alpha value is -2.60. The fourth-order valence-electron chi connectivity index (χ4n) is 3.19. The molecule has 0 saturated carbocycles. The minimum absolute atomic E-state index is 0.0605. The second-order valence-electron chi connectivity index (χ2n) is 6.40. The number of nitrogens with one attached hydrogen (secondary N) is 1. The molecule has 2 N–H and O–H groups in total. The maximum Gasteiger partial charge on any atom is 0.280 e. The minimum atomic E-state index is -0.364. The average Bonchev–Trinajstić information content (AvgIpc) is 3.12. The van der Waals surface area contributed by atoms with Gasteiger partial charge in [-0.1, -0.05) is 51.2 Å². The van der Waals surface area contributed by atoms with Crippen LogP contribution in [0.1, 0.15) is 32.6 Å². The van der Waals surface area contributed by atoms with Gasteiger partial charge in [0, 0.05) is 10.0 Å². The number of hydrogen-bond acceptors (Lipinski definition) is 2. The van der Waals surface area contributed by atoms with Crippen LogP contribution in [0.5, 0.6) is 5.88 Å². The fourth-order valence-corrected chi connectivity index (χ4v) is 3.44. The molecule has 26 heavy (non-hydrogen) atoms. The lowest BCUT2D eigenvalue weighted by atomic mass is 9.88. The lowest BCUT2D eigenvalue weighted by molar-refractivity contribution is 0.101. The second kappa shape index (κ2) is 5.99. The number of fused-ring (bicyclic) bond motifs is 1. The van der Waals surface area contributed by atoms with E-state index in [1.807, 2.05) is 38.1 Å². The van der Waals surface area contributed by atoms with Gasteiger partial charge >= 0.3 is 0 Å². The van der Waals surface area contributed by atoms with Crippen LogP contribution >= 0.6 is 15.9 Å². The van der Waals surface area contributed by atoms with E-state index in [-0.39, 0.29) is 11.8 Å². The van der Waals surface area contributed by atoms with Crippen LogP contribution in [0.25, 0.3) is 11.3 Å². The van der Waals surface area contributed by atoms with Gasteiger partial charge in [0.2, 0.25) is 0 Å². The van der Waals surface area contributed by atoms with Gasteiger partial charge in [0.25, 0.3) is 5.91 Å². The van der Waals surface area contributed by atoms with Gasteiger partial charge < -0.3 is 10.1 Å². The molecule has 6 heteroatoms. The third-order valence-electron chi connectivity index (χ3n) is 4.63. The van der Waals surface area contributed by atoms with E-state index in [9.17, 15) is 9.90 Å². The Bertz CT molecular complexity index is 1120. The van der Waals surface area contributed by atoms with Gasteiger partial charge in [-0.3, -0.25) is 4.79 Å². The summed E-state index contributed by atoms with van der Waals surface area (Å²) >= 11 is 3.47. The zero-order chi connectivity index (χ0) is 18.6. The van der Waals surface area contributed by atoms with E-state index in [1.165, 1.54) is 0 Å². The Morgan fingerprint density at radius 2 is 1.73 bits per heavy atom. The van der Waals surface area contributed by atoms with Crippen LogP contribution in [0.3, 0.4) is 0 Å². The maximum absolute atomic E-state index is 12.6. The molecule has 0 fully saturated rings. The monoisotopic (exact) mass is 404 g/mol. The predicted molar refractivity (Wildman–Crippen MR) is 107 cm³/mol. The Labute approximate surface area is 160 Å². The van der Waals surface area contributed by atoms with Crippen LogP contribution in [0, 0.1) is 13.8 Å². The molecule has 2 aromatic carbocycles. The largest absolute Gasteiger partial charge is 0.494 e. The summed E-state index contributed by atoms with van der Waals surface area (Å²) < 4.78 is 0.981. The third-order valence-corrected chi connectivity index (χ3v) is 5.52. The Morgan fingerprint density at radius 3 is 2.42 bits per heavy atom. The summed E-state index contributed by atoms with van der Waals surface area (Å²) in [6.45, 7) is 3.86. The normalized spacial score (nSPS) is 13.0. The van der Waals surface area contributed by atoms with Crippen molar-refractivity contribution in [2.45, 2.75) is 13.8 Å². The molecule has 2 radical (unpaired) electrons. The zero-order valence-corrected chi connectivity index (χ0v) is 15.8. The number of aromatic amines is 1. The number of H-pyrrole nitrogens is 1. The Kier molecular flexibility index (Phi) is 3.88. The van der Waals surface area contributed by atoms with E-state index in [2.05, 4.69) is 25.9 Å². The quantitative estimate of drug-likeness (QED) is 0.641. The molecule has 0 atom stereocenters. The Balaban J connectivity index is 1.88. The molecule has 3 aromatic rings. The number of hydrogen-bond donors (Lipinski definition) is 2. The van der Waals surface area contributed by atoms with Gasteiger partial charge in [0.05, 0.1) is 22.5 Å². The van der Waals surface area contributed by atoms with Crippen molar-refractivity contribution in [2.24, 2.45) is 4.99 Å². The summed E-state index contributed by atoms with van der Waals surface area (Å²) in [6, 6.07) is 11.2. The number of nitrogens with zero attached hydrogens (tertiary/aromatic N) is 1. The van der Waals surface area contributed by atoms with Crippen LogP contribution in [0.4, 0.5) is 0 Å². The summed E-state index contributed by atoms with van der Waals surface area (Å²) in [7, 11) is 5.88. The first-order chi connectivity index (χ1) is 12.4. The van der Waals surface area contributed by atoms with Gasteiger partial charge in [-0.25, -0.2) is 4.99 Å². The number of aryl methyl sites for hydroxylation is 2. The Morgan fingerprint density at radius 1 is 1.04 bits per heavy atom. The molecule has 1 aromatic heterocycles. The first kappa shape index (κ1) is 16.9. The van der Waals surface area contributed by atoms with Crippen LogP contribution < -0.4 is 5.46 Å². The lowest BCUT2D eigenvalue weighted by Gasteiger charge is -2.05. The first-order valence-corrected chi connectivity index (χ1v) is 8.87. The summed E-state index contributed by atoms with van der Waals surface area (Å²) in [5.41, 5.74) is 6.03. The van der Waals surface area contributed by atoms with Crippen molar-refractivity contribution < 1.29 is 9.90 Å².